The number of hydrogen-bond acceptors (Lipinski definition) is 3. The highest BCUT2D eigenvalue weighted by molar-refractivity contribution is 6.75. The predicted octanol–water partition coefficient (Wildman–Crippen LogP) is 2.40. The summed E-state index contributed by atoms with van der Waals surface area (Å²) in [6.07, 6.45) is 0.336. The quantitative estimate of drug-likeness (QED) is 0.624. The first-order valence-electron chi connectivity index (χ1n) is 9.31. The second kappa shape index (κ2) is 8.32. The summed E-state index contributed by atoms with van der Waals surface area (Å²) in [5.74, 6) is 5.87. The molecule has 0 aromatic heterocycles. The molecule has 0 fully saturated rings. The number of para-hydroxylation sites is 1. The number of anilines is 1. The Hall–Kier alpha value is -3.04. The van der Waals surface area contributed by atoms with Crippen molar-refractivity contribution in [3.63, 3.8) is 0 Å². The van der Waals surface area contributed by atoms with Crippen LogP contribution in [0.4, 0.5) is 10.5 Å². The molecule has 0 unspecified atom stereocenters. The fourth-order valence-electron chi connectivity index (χ4n) is 3.09. The van der Waals surface area contributed by atoms with Gasteiger partial charge in [0.2, 0.25) is 11.7 Å². The number of hydrogen-bond donors (Lipinski definition) is 2. The normalized spacial score (nSPS) is 12.5. The number of aliphatic hydroxyl groups excluding tert-OH is 1. The number of carbonyl (C=O) groups is 2. The maximum Gasteiger partial charge on any atom is 0.344 e. The smallest absolute Gasteiger partial charge is 0.344 e. The molecule has 0 saturated carbocycles. The third-order valence-electron chi connectivity index (χ3n) is 4.93. The van der Waals surface area contributed by atoms with Crippen LogP contribution in [0.25, 0.3) is 0 Å². The van der Waals surface area contributed by atoms with Crippen LogP contribution in [0, 0.1) is 17.3 Å². The van der Waals surface area contributed by atoms with E-state index in [2.05, 4.69) is 17.1 Å². The van der Waals surface area contributed by atoms with E-state index in [1.54, 1.807) is 18.7 Å². The number of fused-ring (bicyclic) bond motifs is 2. The van der Waals surface area contributed by atoms with Crippen LogP contribution in [0.1, 0.15) is 37.0 Å². The molecule has 1 aliphatic rings. The van der Waals surface area contributed by atoms with Crippen molar-refractivity contribution in [2.45, 2.75) is 26.8 Å². The minimum absolute atomic E-state index is 0.0800. The van der Waals surface area contributed by atoms with Gasteiger partial charge in [-0.05, 0) is 30.2 Å². The molecule has 0 bridgehead atoms. The second-order valence-electron chi connectivity index (χ2n) is 7.44. The van der Waals surface area contributed by atoms with Crippen LogP contribution in [0.5, 0.6) is 0 Å². The van der Waals surface area contributed by atoms with Gasteiger partial charge in [0.05, 0.1) is 12.2 Å². The van der Waals surface area contributed by atoms with E-state index in [0.29, 0.717) is 13.0 Å². The summed E-state index contributed by atoms with van der Waals surface area (Å²) >= 11 is 0. The van der Waals surface area contributed by atoms with E-state index >= 15 is 0 Å². The van der Waals surface area contributed by atoms with Crippen molar-refractivity contribution in [2.24, 2.45) is 5.41 Å². The van der Waals surface area contributed by atoms with E-state index in [1.165, 1.54) is 0 Å². The molecule has 6 heteroatoms. The molecule has 0 aliphatic carbocycles. The highest BCUT2D eigenvalue weighted by Crippen LogP contribution is 2.25. The van der Waals surface area contributed by atoms with Crippen molar-refractivity contribution in [2.75, 3.05) is 11.5 Å². The molecule has 2 aromatic rings. The molecular formula is C22H23BN2O3. The van der Waals surface area contributed by atoms with Crippen molar-refractivity contribution in [3.8, 4) is 11.8 Å². The van der Waals surface area contributed by atoms with E-state index in [4.69, 9.17) is 5.11 Å². The van der Waals surface area contributed by atoms with Gasteiger partial charge < -0.3 is 15.2 Å². The van der Waals surface area contributed by atoms with Crippen molar-refractivity contribution in [1.82, 2.24) is 5.23 Å². The summed E-state index contributed by atoms with van der Waals surface area (Å²) < 4.78 is 0. The van der Waals surface area contributed by atoms with Gasteiger partial charge in [0, 0.05) is 23.1 Å². The molecule has 3 rings (SSSR count). The Labute approximate surface area is 166 Å². The summed E-state index contributed by atoms with van der Waals surface area (Å²) in [5.41, 5.74) is 2.63. The average molecular weight is 374 g/mol. The number of nitrogens with one attached hydrogen (secondary N) is 1. The topological polar surface area (TPSA) is 69.6 Å². The monoisotopic (exact) mass is 374 g/mol. The molecule has 0 spiro atoms. The van der Waals surface area contributed by atoms with E-state index in [0.717, 1.165) is 22.4 Å². The lowest BCUT2D eigenvalue weighted by Gasteiger charge is -2.27. The number of rotatable bonds is 5. The van der Waals surface area contributed by atoms with E-state index in [-0.39, 0.29) is 25.7 Å². The first-order chi connectivity index (χ1) is 13.4. The maximum absolute atomic E-state index is 13.0. The number of benzene rings is 2. The van der Waals surface area contributed by atoms with Gasteiger partial charge in [-0.15, -0.1) is 0 Å². The largest absolute Gasteiger partial charge is 0.396 e. The Balaban J connectivity index is 1.86. The Kier molecular flexibility index (Phi) is 5.86. The maximum atomic E-state index is 13.0. The van der Waals surface area contributed by atoms with Crippen LogP contribution >= 0.6 is 0 Å². The molecule has 142 valence electrons. The van der Waals surface area contributed by atoms with Crippen molar-refractivity contribution in [1.29, 1.82) is 0 Å². The number of aliphatic hydroxyl groups is 1. The minimum atomic E-state index is -0.735. The highest BCUT2D eigenvalue weighted by atomic mass is 16.3. The second-order valence-corrected chi connectivity index (χ2v) is 7.44. The summed E-state index contributed by atoms with van der Waals surface area (Å²) in [6, 6.07) is 15.3. The van der Waals surface area contributed by atoms with Gasteiger partial charge in [0.25, 0.3) is 0 Å². The predicted molar refractivity (Wildman–Crippen MR) is 111 cm³/mol. The molecular weight excluding hydrogens is 351 g/mol. The Morgan fingerprint density at radius 3 is 2.50 bits per heavy atom. The zero-order valence-corrected chi connectivity index (χ0v) is 16.2. The van der Waals surface area contributed by atoms with Gasteiger partial charge in [0.1, 0.15) is 0 Å². The first-order valence-corrected chi connectivity index (χ1v) is 9.31. The highest BCUT2D eigenvalue weighted by Gasteiger charge is 2.29. The molecule has 0 atom stereocenters. The third kappa shape index (κ3) is 4.27. The van der Waals surface area contributed by atoms with Gasteiger partial charge >= 0.3 is 7.41 Å². The molecule has 5 nitrogen and oxygen atoms in total. The Morgan fingerprint density at radius 1 is 1.11 bits per heavy atom. The first kappa shape index (κ1) is 19.7. The van der Waals surface area contributed by atoms with Gasteiger partial charge in [-0.25, -0.2) is 0 Å². The van der Waals surface area contributed by atoms with E-state index in [9.17, 15) is 9.59 Å². The minimum Gasteiger partial charge on any atom is -0.396 e. The molecule has 28 heavy (non-hydrogen) atoms. The molecule has 1 heterocycles. The number of carbonyl (C=O) groups excluding carboxylic acids is 2. The van der Waals surface area contributed by atoms with E-state index < -0.39 is 5.41 Å². The molecule has 0 saturated heterocycles. The van der Waals surface area contributed by atoms with Gasteiger partial charge in [-0.2, -0.15) is 0 Å². The zero-order chi connectivity index (χ0) is 20.1. The Bertz CT molecular complexity index is 959. The van der Waals surface area contributed by atoms with Crippen LogP contribution in [0.15, 0.2) is 48.5 Å². The van der Waals surface area contributed by atoms with Crippen LogP contribution in [-0.4, -0.2) is 30.8 Å². The molecule has 2 N–H and O–H groups in total. The third-order valence-corrected chi connectivity index (χ3v) is 4.93. The summed E-state index contributed by atoms with van der Waals surface area (Å²) in [5, 5.41) is 11.8. The summed E-state index contributed by atoms with van der Waals surface area (Å²) in [4.78, 5) is 27.1. The average Bonchev–Trinajstić information content (AvgIpc) is 2.67. The van der Waals surface area contributed by atoms with Crippen molar-refractivity contribution >= 4 is 24.8 Å². The van der Waals surface area contributed by atoms with Gasteiger partial charge in [-0.3, -0.25) is 9.59 Å². The van der Waals surface area contributed by atoms with Crippen molar-refractivity contribution < 1.29 is 14.7 Å². The summed E-state index contributed by atoms with van der Waals surface area (Å²) in [6.45, 7) is 3.81. The Morgan fingerprint density at radius 2 is 1.75 bits per heavy atom. The van der Waals surface area contributed by atoms with Gasteiger partial charge in [0.15, 0.2) is 0 Å². The van der Waals surface area contributed by atoms with E-state index in [1.807, 2.05) is 48.5 Å². The molecule has 2 amide bonds. The number of amides is 2. The lowest BCUT2D eigenvalue weighted by molar-refractivity contribution is -0.128. The standard InChI is InChI=1S/C22H23BN2O3/c1-22(2,13-14-26)20(27)24-23-21(28)25-15-18-9-4-3-7-16(18)11-12-17-8-5-6-10-19(17)25/h3-10,23,26H,13-15H2,1-2H3,(H,24,27). The van der Waals surface area contributed by atoms with Crippen LogP contribution < -0.4 is 10.1 Å². The lowest BCUT2D eigenvalue weighted by atomic mass is 9.83. The molecule has 0 radical (unpaired) electrons. The SMILES string of the molecule is CC(C)(CCO)C(=O)NBC(=O)N1Cc2ccccc2C#Cc2ccccc21. The van der Waals surface area contributed by atoms with Gasteiger partial charge in [-0.1, -0.05) is 56.0 Å². The fraction of sp³-hybridized carbons (Fsp3) is 0.273. The van der Waals surface area contributed by atoms with Crippen LogP contribution in [0.3, 0.4) is 0 Å². The van der Waals surface area contributed by atoms with Crippen LogP contribution in [0.2, 0.25) is 0 Å². The lowest BCUT2D eigenvalue weighted by Crippen LogP contribution is -2.46. The van der Waals surface area contributed by atoms with Crippen LogP contribution in [-0.2, 0) is 11.3 Å². The van der Waals surface area contributed by atoms with Crippen molar-refractivity contribution in [3.05, 3.63) is 65.2 Å². The summed E-state index contributed by atoms with van der Waals surface area (Å²) in [7, 11) is -0.113. The molecule has 2 aromatic carbocycles. The fourth-order valence-corrected chi connectivity index (χ4v) is 3.09. The zero-order valence-electron chi connectivity index (χ0n) is 16.2. The number of nitrogens with zero attached hydrogens (tertiary/aromatic N) is 1. The molecule has 1 aliphatic heterocycles.